The van der Waals surface area contributed by atoms with Gasteiger partial charge in [-0.3, -0.25) is 9.69 Å². The summed E-state index contributed by atoms with van der Waals surface area (Å²) in [5.74, 6) is 0.874. The van der Waals surface area contributed by atoms with Gasteiger partial charge in [-0.2, -0.15) is 0 Å². The van der Waals surface area contributed by atoms with Gasteiger partial charge in [0, 0.05) is 6.54 Å². The molecule has 2 bridgehead atoms. The Hall–Kier alpha value is -1.61. The molecule has 4 fully saturated rings. The number of hydrogen-bond acceptors (Lipinski definition) is 2. The van der Waals surface area contributed by atoms with Crippen molar-refractivity contribution >= 4 is 11.5 Å². The number of hydrogen-bond donors (Lipinski definition) is 1. The van der Waals surface area contributed by atoms with Crippen molar-refractivity contribution < 1.29 is 4.79 Å². The maximum atomic E-state index is 13.1. The lowest BCUT2D eigenvalue weighted by atomic mass is 9.50. The van der Waals surface area contributed by atoms with Gasteiger partial charge in [0.05, 0.1) is 5.54 Å². The van der Waals surface area contributed by atoms with Crippen molar-refractivity contribution in [2.24, 2.45) is 11.3 Å². The molecule has 6 aliphatic rings. The molecule has 3 atom stereocenters. The van der Waals surface area contributed by atoms with Crippen molar-refractivity contribution in [1.82, 2.24) is 10.2 Å². The predicted octanol–water partition coefficient (Wildman–Crippen LogP) is 3.15. The number of nitrogens with one attached hydrogen (secondary N) is 1. The zero-order chi connectivity index (χ0) is 17.0. The van der Waals surface area contributed by atoms with E-state index in [0.29, 0.717) is 11.8 Å². The molecule has 0 aromatic heterocycles. The summed E-state index contributed by atoms with van der Waals surface area (Å²) in [5, 5.41) is 3.58. The Kier molecular flexibility index (Phi) is 2.44. The second kappa shape index (κ2) is 4.20. The first-order valence-electron chi connectivity index (χ1n) is 9.85. The van der Waals surface area contributed by atoms with Gasteiger partial charge < -0.3 is 5.32 Å². The summed E-state index contributed by atoms with van der Waals surface area (Å²) in [6.45, 7) is 7.04. The molecule has 0 saturated carbocycles. The number of piperidine rings is 2. The first kappa shape index (κ1) is 14.5. The van der Waals surface area contributed by atoms with Crippen LogP contribution in [0.4, 0.5) is 0 Å². The molecule has 4 aliphatic heterocycles. The summed E-state index contributed by atoms with van der Waals surface area (Å²) >= 11 is 0. The van der Waals surface area contributed by atoms with E-state index in [0.717, 1.165) is 38.8 Å². The molecule has 1 unspecified atom stereocenters. The minimum absolute atomic E-state index is 0.0665. The molecule has 3 heteroatoms. The Balaban J connectivity index is 1.54. The first-order chi connectivity index (χ1) is 12.0. The molecule has 7 rings (SSSR count). The summed E-state index contributed by atoms with van der Waals surface area (Å²) < 4.78 is 0. The summed E-state index contributed by atoms with van der Waals surface area (Å²) in [4.78, 5) is 15.6. The number of piperazine rings is 1. The molecule has 130 valence electrons. The predicted molar refractivity (Wildman–Crippen MR) is 98.0 cm³/mol. The average Bonchev–Trinajstić information content (AvgIpc) is 3.16. The normalized spacial score (nSPS) is 40.4. The van der Waals surface area contributed by atoms with E-state index in [9.17, 15) is 4.79 Å². The van der Waals surface area contributed by atoms with Gasteiger partial charge in [-0.1, -0.05) is 43.7 Å². The number of rotatable bonds is 0. The summed E-state index contributed by atoms with van der Waals surface area (Å²) in [7, 11) is 0. The van der Waals surface area contributed by atoms with Crippen LogP contribution in [0.3, 0.4) is 0 Å². The van der Waals surface area contributed by atoms with E-state index in [1.54, 1.807) is 5.57 Å². The lowest BCUT2D eigenvalue weighted by molar-refractivity contribution is -0.161. The third-order valence-corrected chi connectivity index (χ3v) is 8.31. The Morgan fingerprint density at radius 1 is 1.24 bits per heavy atom. The minimum atomic E-state index is -0.201. The third kappa shape index (κ3) is 1.51. The van der Waals surface area contributed by atoms with Gasteiger partial charge in [-0.25, -0.2) is 0 Å². The molecule has 4 saturated heterocycles. The van der Waals surface area contributed by atoms with Crippen LogP contribution in [0.15, 0.2) is 29.8 Å². The zero-order valence-electron chi connectivity index (χ0n) is 15.2. The highest BCUT2D eigenvalue weighted by Gasteiger charge is 2.68. The fourth-order valence-electron chi connectivity index (χ4n) is 7.14. The maximum Gasteiger partial charge on any atom is 0.241 e. The van der Waals surface area contributed by atoms with E-state index in [1.807, 2.05) is 0 Å². The fraction of sp³-hybridized carbons (Fsp3) is 0.591. The van der Waals surface area contributed by atoms with Gasteiger partial charge in [0.2, 0.25) is 5.91 Å². The number of benzene rings is 1. The van der Waals surface area contributed by atoms with Gasteiger partial charge in [-0.05, 0) is 66.7 Å². The van der Waals surface area contributed by atoms with Crippen LogP contribution in [0.1, 0.15) is 50.7 Å². The van der Waals surface area contributed by atoms with Crippen LogP contribution in [0.5, 0.6) is 0 Å². The molecule has 3 nitrogen and oxygen atoms in total. The maximum absolute atomic E-state index is 13.1. The number of carbonyl (C=O) groups is 1. The van der Waals surface area contributed by atoms with Gasteiger partial charge in [0.1, 0.15) is 5.54 Å². The first-order valence-corrected chi connectivity index (χ1v) is 9.85. The molecule has 4 heterocycles. The van der Waals surface area contributed by atoms with Crippen molar-refractivity contribution in [3.8, 4) is 0 Å². The quantitative estimate of drug-likeness (QED) is 0.790. The van der Waals surface area contributed by atoms with Gasteiger partial charge in [0.15, 0.2) is 0 Å². The van der Waals surface area contributed by atoms with Crippen molar-refractivity contribution in [2.75, 3.05) is 13.1 Å². The minimum Gasteiger partial charge on any atom is -0.347 e. The molecule has 0 radical (unpaired) electrons. The highest BCUT2D eigenvalue weighted by atomic mass is 16.2. The topological polar surface area (TPSA) is 32.3 Å². The van der Waals surface area contributed by atoms with Crippen LogP contribution in [-0.4, -0.2) is 35.0 Å². The van der Waals surface area contributed by atoms with E-state index in [4.69, 9.17) is 0 Å². The van der Waals surface area contributed by atoms with Gasteiger partial charge in [0.25, 0.3) is 0 Å². The Morgan fingerprint density at radius 2 is 2.08 bits per heavy atom. The number of allylic oxidation sites excluding steroid dienone is 1. The van der Waals surface area contributed by atoms with Crippen LogP contribution >= 0.6 is 0 Å². The van der Waals surface area contributed by atoms with Crippen molar-refractivity contribution in [2.45, 2.75) is 57.0 Å². The monoisotopic (exact) mass is 334 g/mol. The molecule has 1 N–H and O–H groups in total. The van der Waals surface area contributed by atoms with Crippen LogP contribution in [0.2, 0.25) is 0 Å². The van der Waals surface area contributed by atoms with E-state index in [1.165, 1.54) is 23.1 Å². The molecule has 1 amide bonds. The largest absolute Gasteiger partial charge is 0.347 e. The van der Waals surface area contributed by atoms with Crippen LogP contribution in [0, 0.1) is 11.3 Å². The van der Waals surface area contributed by atoms with E-state index < -0.39 is 0 Å². The molecule has 1 aromatic carbocycles. The molecular weight excluding hydrogens is 308 g/mol. The van der Waals surface area contributed by atoms with Crippen LogP contribution in [0.25, 0.3) is 5.57 Å². The zero-order valence-corrected chi connectivity index (χ0v) is 15.2. The highest BCUT2D eigenvalue weighted by Crippen LogP contribution is 2.63. The molecule has 1 aromatic rings. The van der Waals surface area contributed by atoms with E-state index in [-0.39, 0.29) is 16.5 Å². The number of nitrogens with zero attached hydrogens (tertiary/aromatic N) is 1. The number of amides is 1. The van der Waals surface area contributed by atoms with E-state index >= 15 is 0 Å². The summed E-state index contributed by atoms with van der Waals surface area (Å²) in [6.07, 6.45) is 5.40. The second-order valence-corrected chi connectivity index (χ2v) is 9.61. The standard InChI is InChI=1S/C22H26N2O/c1-20(2)17-10-14-6-3-4-7-15(14)16(17)11-21-13-24-9-5-8-22(24,12-18(20)21)19(25)23-21/h3-4,6-7,18H,5,8-13H2,1-2H3,(H,23,25)/t18-,21+,22?/m0/s1. The molecular formula is C22H26N2O. The SMILES string of the molecule is CC1(C)C2=C(C[C@@]34CN5CCCC5(C[C@@H]13)C(=O)N4)c1ccccc1C2. The fourth-order valence-corrected chi connectivity index (χ4v) is 7.14. The molecule has 2 aliphatic carbocycles. The Labute approximate surface area is 149 Å². The van der Waals surface area contributed by atoms with Crippen molar-refractivity contribution in [1.29, 1.82) is 0 Å². The Bertz CT molecular complexity index is 853. The van der Waals surface area contributed by atoms with Gasteiger partial charge in [-0.15, -0.1) is 0 Å². The summed E-state index contributed by atoms with van der Waals surface area (Å²) in [6, 6.07) is 8.91. The highest BCUT2D eigenvalue weighted by molar-refractivity contribution is 5.91. The second-order valence-electron chi connectivity index (χ2n) is 9.61. The van der Waals surface area contributed by atoms with Gasteiger partial charge >= 0.3 is 0 Å². The smallest absolute Gasteiger partial charge is 0.241 e. The van der Waals surface area contributed by atoms with Crippen LogP contribution < -0.4 is 5.32 Å². The number of carbonyl (C=O) groups excluding carboxylic acids is 1. The Morgan fingerprint density at radius 3 is 2.96 bits per heavy atom. The van der Waals surface area contributed by atoms with Crippen molar-refractivity contribution in [3.63, 3.8) is 0 Å². The van der Waals surface area contributed by atoms with Crippen molar-refractivity contribution in [3.05, 3.63) is 41.0 Å². The van der Waals surface area contributed by atoms with E-state index in [2.05, 4.69) is 48.3 Å². The molecule has 2 spiro atoms. The lowest BCUT2D eigenvalue weighted by Crippen LogP contribution is -2.81. The molecule has 25 heavy (non-hydrogen) atoms. The lowest BCUT2D eigenvalue weighted by Gasteiger charge is -2.66. The third-order valence-electron chi connectivity index (χ3n) is 8.31. The summed E-state index contributed by atoms with van der Waals surface area (Å²) in [5.41, 5.74) is 5.99. The number of fused-ring (bicyclic) bond motifs is 3. The van der Waals surface area contributed by atoms with Crippen LogP contribution in [-0.2, 0) is 11.2 Å². The average molecular weight is 334 g/mol.